The molecule has 182 valence electrons. The summed E-state index contributed by atoms with van der Waals surface area (Å²) in [6, 6.07) is 9.62. The molecule has 1 aliphatic rings. The lowest BCUT2D eigenvalue weighted by Crippen LogP contribution is -2.33. The monoisotopic (exact) mass is 496 g/mol. The second-order valence-corrected chi connectivity index (χ2v) is 9.38. The number of phenolic OH excluding ortho intramolecular Hbond substituents is 1. The lowest BCUT2D eigenvalue weighted by atomic mass is 9.94. The highest BCUT2D eigenvalue weighted by Crippen LogP contribution is 2.42. The van der Waals surface area contributed by atoms with Gasteiger partial charge in [0.2, 0.25) is 5.78 Å². The van der Waals surface area contributed by atoms with E-state index in [4.69, 9.17) is 4.74 Å². The zero-order valence-corrected chi connectivity index (χ0v) is 20.4. The van der Waals surface area contributed by atoms with Crippen LogP contribution in [0.5, 0.6) is 11.5 Å². The highest BCUT2D eigenvalue weighted by atomic mass is 32.1. The number of aliphatic hydroxyl groups is 1. The van der Waals surface area contributed by atoms with Crippen molar-refractivity contribution >= 4 is 23.0 Å². The molecule has 0 saturated carbocycles. The van der Waals surface area contributed by atoms with Gasteiger partial charge in [-0.3, -0.25) is 9.59 Å². The lowest BCUT2D eigenvalue weighted by Gasteiger charge is -2.27. The maximum atomic E-state index is 13.6. The number of carbonyl (C=O) groups is 2. The number of carbonyl (C=O) groups excluding carboxylic acids is 2. The minimum atomic E-state index is -0.905. The number of nitrogens with zero attached hydrogens (tertiary/aromatic N) is 2. The molecule has 1 unspecified atom stereocenters. The molecule has 0 aliphatic carbocycles. The van der Waals surface area contributed by atoms with Gasteiger partial charge in [-0.15, -0.1) is 11.3 Å². The molecule has 9 heteroatoms. The summed E-state index contributed by atoms with van der Waals surface area (Å²) >= 11 is 1.20. The first-order valence-corrected chi connectivity index (χ1v) is 12.0. The van der Waals surface area contributed by atoms with Crippen LogP contribution in [0.2, 0.25) is 0 Å². The van der Waals surface area contributed by atoms with E-state index in [1.54, 1.807) is 45.0 Å². The van der Waals surface area contributed by atoms with E-state index in [-0.39, 0.29) is 29.4 Å². The summed E-state index contributed by atoms with van der Waals surface area (Å²) in [6.07, 6.45) is 0.381. The Balaban J connectivity index is 1.77. The first-order chi connectivity index (χ1) is 16.7. The Morgan fingerprint density at radius 2 is 1.89 bits per heavy atom. The number of ether oxygens (including phenoxy) is 1. The van der Waals surface area contributed by atoms with E-state index in [0.29, 0.717) is 34.2 Å². The van der Waals surface area contributed by atoms with Crippen LogP contribution in [0.1, 0.15) is 44.5 Å². The predicted molar refractivity (Wildman–Crippen MR) is 129 cm³/mol. The van der Waals surface area contributed by atoms with Gasteiger partial charge in [0, 0.05) is 6.54 Å². The van der Waals surface area contributed by atoms with Crippen LogP contribution in [0.3, 0.4) is 0 Å². The number of aromatic nitrogens is 1. The minimum absolute atomic E-state index is 0.0472. The Labute approximate surface area is 206 Å². The number of halogens is 1. The molecule has 4 rings (SSSR count). The Bertz CT molecular complexity index is 1320. The van der Waals surface area contributed by atoms with Crippen molar-refractivity contribution in [3.05, 3.63) is 86.3 Å². The summed E-state index contributed by atoms with van der Waals surface area (Å²) in [5.41, 5.74) is 1.78. The fraction of sp³-hybridized carbons (Fsp3) is 0.269. The molecule has 0 saturated heterocycles. The average molecular weight is 497 g/mol. The topological polar surface area (TPSA) is 100.0 Å². The van der Waals surface area contributed by atoms with Crippen molar-refractivity contribution in [1.82, 2.24) is 9.88 Å². The number of hydrogen-bond donors (Lipinski definition) is 2. The number of amides is 1. The van der Waals surface area contributed by atoms with Gasteiger partial charge in [-0.05, 0) is 62.6 Å². The standard InChI is InChI=1S/C26H25FN2O5S/c1-4-34-20-13-17(7-10-19(20)30)22-21(23(31)25-14(2)28-15(3)35-25)24(32)26(33)29(22)12-11-16-5-8-18(27)9-6-16/h5-10,13,22,30,32H,4,11-12H2,1-3H3. The maximum absolute atomic E-state index is 13.6. The predicted octanol–water partition coefficient (Wildman–Crippen LogP) is 4.82. The quantitative estimate of drug-likeness (QED) is 0.434. The fourth-order valence-corrected chi connectivity index (χ4v) is 5.07. The fourth-order valence-electron chi connectivity index (χ4n) is 4.20. The van der Waals surface area contributed by atoms with Crippen LogP contribution < -0.4 is 4.74 Å². The van der Waals surface area contributed by atoms with Crippen molar-refractivity contribution in [2.24, 2.45) is 0 Å². The Morgan fingerprint density at radius 3 is 2.51 bits per heavy atom. The Morgan fingerprint density at radius 1 is 1.17 bits per heavy atom. The summed E-state index contributed by atoms with van der Waals surface area (Å²) in [5, 5.41) is 21.7. The number of thiazole rings is 1. The second-order valence-electron chi connectivity index (χ2n) is 8.18. The van der Waals surface area contributed by atoms with Gasteiger partial charge in [0.1, 0.15) is 5.82 Å². The second kappa shape index (κ2) is 9.87. The number of hydrogen-bond acceptors (Lipinski definition) is 7. The smallest absolute Gasteiger partial charge is 0.290 e. The number of phenols is 1. The highest BCUT2D eigenvalue weighted by Gasteiger charge is 2.44. The summed E-state index contributed by atoms with van der Waals surface area (Å²) < 4.78 is 18.8. The van der Waals surface area contributed by atoms with Gasteiger partial charge in [0.25, 0.3) is 5.91 Å². The van der Waals surface area contributed by atoms with E-state index in [9.17, 15) is 24.2 Å². The van der Waals surface area contributed by atoms with Crippen molar-refractivity contribution in [3.63, 3.8) is 0 Å². The molecule has 2 aromatic carbocycles. The van der Waals surface area contributed by atoms with Gasteiger partial charge in [-0.2, -0.15) is 0 Å². The van der Waals surface area contributed by atoms with Crippen molar-refractivity contribution in [3.8, 4) is 11.5 Å². The molecule has 2 heterocycles. The average Bonchev–Trinajstić information content (AvgIpc) is 3.30. The Hall–Kier alpha value is -3.72. The van der Waals surface area contributed by atoms with Crippen LogP contribution >= 0.6 is 11.3 Å². The molecule has 0 radical (unpaired) electrons. The van der Waals surface area contributed by atoms with E-state index in [1.165, 1.54) is 34.4 Å². The summed E-state index contributed by atoms with van der Waals surface area (Å²) in [5.74, 6) is -1.99. The minimum Gasteiger partial charge on any atom is -0.504 e. The summed E-state index contributed by atoms with van der Waals surface area (Å²) in [4.78, 5) is 32.9. The number of rotatable bonds is 8. The van der Waals surface area contributed by atoms with Gasteiger partial charge in [0.15, 0.2) is 17.3 Å². The van der Waals surface area contributed by atoms with Crippen LogP contribution in [0.15, 0.2) is 53.8 Å². The van der Waals surface area contributed by atoms with Gasteiger partial charge in [-0.1, -0.05) is 18.2 Å². The van der Waals surface area contributed by atoms with Crippen LogP contribution in [0, 0.1) is 19.7 Å². The van der Waals surface area contributed by atoms with Gasteiger partial charge in [-0.25, -0.2) is 9.37 Å². The third-order valence-electron chi connectivity index (χ3n) is 5.81. The number of Topliss-reactive ketones (excluding diaryl/α,β-unsaturated/α-hetero) is 1. The van der Waals surface area contributed by atoms with Crippen molar-refractivity contribution in [2.75, 3.05) is 13.2 Å². The van der Waals surface area contributed by atoms with Crippen LogP contribution in [-0.4, -0.2) is 44.9 Å². The molecular formula is C26H25FN2O5S. The molecule has 1 atom stereocenters. The van der Waals surface area contributed by atoms with E-state index >= 15 is 0 Å². The third-order valence-corrected chi connectivity index (χ3v) is 6.88. The van der Waals surface area contributed by atoms with Crippen molar-refractivity contribution < 1.29 is 28.9 Å². The molecule has 0 bridgehead atoms. The highest BCUT2D eigenvalue weighted by molar-refractivity contribution is 7.14. The largest absolute Gasteiger partial charge is 0.504 e. The first-order valence-electron chi connectivity index (χ1n) is 11.1. The molecule has 7 nitrogen and oxygen atoms in total. The normalized spacial score (nSPS) is 15.7. The molecule has 2 N–H and O–H groups in total. The summed E-state index contributed by atoms with van der Waals surface area (Å²) in [6.45, 7) is 5.74. The van der Waals surface area contributed by atoms with Crippen molar-refractivity contribution in [2.45, 2.75) is 33.2 Å². The molecule has 35 heavy (non-hydrogen) atoms. The van der Waals surface area contributed by atoms with E-state index in [0.717, 1.165) is 5.56 Å². The summed E-state index contributed by atoms with van der Waals surface area (Å²) in [7, 11) is 0. The number of benzene rings is 2. The zero-order valence-electron chi connectivity index (χ0n) is 19.5. The van der Waals surface area contributed by atoms with Crippen LogP contribution in [0.4, 0.5) is 4.39 Å². The number of ketones is 1. The lowest BCUT2D eigenvalue weighted by molar-refractivity contribution is -0.129. The molecule has 3 aromatic rings. The van der Waals surface area contributed by atoms with Gasteiger partial charge < -0.3 is 19.8 Å². The molecule has 0 fully saturated rings. The maximum Gasteiger partial charge on any atom is 0.290 e. The van der Waals surface area contributed by atoms with E-state index < -0.39 is 23.5 Å². The SMILES string of the molecule is CCOc1cc(C2C(C(=O)c3sc(C)nc3C)=C(O)C(=O)N2CCc2ccc(F)cc2)ccc1O. The van der Waals surface area contributed by atoms with Crippen LogP contribution in [0.25, 0.3) is 0 Å². The van der Waals surface area contributed by atoms with Crippen molar-refractivity contribution in [1.29, 1.82) is 0 Å². The Kier molecular flexibility index (Phi) is 6.88. The molecule has 1 aliphatic heterocycles. The molecule has 1 aromatic heterocycles. The van der Waals surface area contributed by atoms with Crippen LogP contribution in [-0.2, 0) is 11.2 Å². The van der Waals surface area contributed by atoms with E-state index in [1.807, 2.05) is 0 Å². The molecule has 1 amide bonds. The third kappa shape index (κ3) is 4.77. The number of aromatic hydroxyl groups is 1. The number of aryl methyl sites for hydroxylation is 2. The zero-order chi connectivity index (χ0) is 25.3. The van der Waals surface area contributed by atoms with E-state index in [2.05, 4.69) is 4.98 Å². The number of aliphatic hydroxyl groups excluding tert-OH is 1. The van der Waals surface area contributed by atoms with Gasteiger partial charge in [0.05, 0.1) is 33.8 Å². The van der Waals surface area contributed by atoms with Gasteiger partial charge >= 0.3 is 0 Å². The molecule has 0 spiro atoms. The molecular weight excluding hydrogens is 471 g/mol. The first kappa shape index (κ1) is 24.4.